The standard InChI is InChI=1S/C12H16N2O3/c1-8(13-2)6-14-12(15)9-4-3-5-10-11(9)17-7-16-10/h3-5,8,13H,6-7H2,1-2H3,(H,14,15). The Bertz CT molecular complexity index is 420. The van der Waals surface area contributed by atoms with Crippen molar-refractivity contribution >= 4 is 5.91 Å². The molecule has 0 fully saturated rings. The van der Waals surface area contributed by atoms with Crippen LogP contribution in [0.4, 0.5) is 0 Å². The number of nitrogens with one attached hydrogen (secondary N) is 2. The van der Waals surface area contributed by atoms with Gasteiger partial charge in [0.05, 0.1) is 5.56 Å². The van der Waals surface area contributed by atoms with Gasteiger partial charge in [-0.15, -0.1) is 0 Å². The third kappa shape index (κ3) is 2.50. The summed E-state index contributed by atoms with van der Waals surface area (Å²) in [4.78, 5) is 12.0. The Morgan fingerprint density at radius 2 is 2.29 bits per heavy atom. The fourth-order valence-electron chi connectivity index (χ4n) is 1.55. The molecule has 0 aromatic heterocycles. The van der Waals surface area contributed by atoms with E-state index in [1.807, 2.05) is 14.0 Å². The second-order valence-electron chi connectivity index (χ2n) is 3.94. The smallest absolute Gasteiger partial charge is 0.255 e. The van der Waals surface area contributed by atoms with E-state index in [9.17, 15) is 4.79 Å². The number of fused-ring (bicyclic) bond motifs is 1. The Morgan fingerprint density at radius 3 is 3.06 bits per heavy atom. The number of likely N-dealkylation sites (N-methyl/N-ethyl adjacent to an activating group) is 1. The minimum atomic E-state index is -0.144. The highest BCUT2D eigenvalue weighted by Crippen LogP contribution is 2.35. The van der Waals surface area contributed by atoms with E-state index in [0.29, 0.717) is 23.6 Å². The van der Waals surface area contributed by atoms with Gasteiger partial charge in [-0.2, -0.15) is 0 Å². The van der Waals surface area contributed by atoms with E-state index in [4.69, 9.17) is 9.47 Å². The fraction of sp³-hybridized carbons (Fsp3) is 0.417. The molecule has 0 spiro atoms. The van der Waals surface area contributed by atoms with Crippen LogP contribution in [0.25, 0.3) is 0 Å². The average molecular weight is 236 g/mol. The van der Waals surface area contributed by atoms with E-state index in [1.54, 1.807) is 18.2 Å². The van der Waals surface area contributed by atoms with Crippen LogP contribution < -0.4 is 20.1 Å². The van der Waals surface area contributed by atoms with Crippen LogP contribution in [-0.2, 0) is 0 Å². The summed E-state index contributed by atoms with van der Waals surface area (Å²) in [5.74, 6) is 1.01. The molecule has 1 aliphatic heterocycles. The zero-order chi connectivity index (χ0) is 12.3. The molecule has 17 heavy (non-hydrogen) atoms. The number of amides is 1. The first-order valence-electron chi connectivity index (χ1n) is 5.56. The molecule has 2 rings (SSSR count). The Labute approximate surface area is 100 Å². The molecule has 5 nitrogen and oxygen atoms in total. The van der Waals surface area contributed by atoms with Gasteiger partial charge in [0.1, 0.15) is 0 Å². The minimum Gasteiger partial charge on any atom is -0.454 e. The number of hydrogen-bond acceptors (Lipinski definition) is 4. The number of benzene rings is 1. The van der Waals surface area contributed by atoms with Gasteiger partial charge in [0, 0.05) is 12.6 Å². The lowest BCUT2D eigenvalue weighted by Gasteiger charge is -2.12. The molecule has 1 atom stereocenters. The maximum atomic E-state index is 12.0. The minimum absolute atomic E-state index is 0.144. The lowest BCUT2D eigenvalue weighted by atomic mass is 10.1. The van der Waals surface area contributed by atoms with E-state index in [-0.39, 0.29) is 18.7 Å². The van der Waals surface area contributed by atoms with E-state index < -0.39 is 0 Å². The lowest BCUT2D eigenvalue weighted by Crippen LogP contribution is -2.37. The van der Waals surface area contributed by atoms with Crippen LogP contribution in [0.1, 0.15) is 17.3 Å². The first-order chi connectivity index (χ1) is 8.22. The van der Waals surface area contributed by atoms with Crippen molar-refractivity contribution in [3.05, 3.63) is 23.8 Å². The third-order valence-corrected chi connectivity index (χ3v) is 2.70. The van der Waals surface area contributed by atoms with Gasteiger partial charge in [0.25, 0.3) is 5.91 Å². The van der Waals surface area contributed by atoms with Gasteiger partial charge >= 0.3 is 0 Å². The molecule has 1 heterocycles. The van der Waals surface area contributed by atoms with Crippen LogP contribution in [0.5, 0.6) is 11.5 Å². The molecular formula is C12H16N2O3. The molecule has 1 aliphatic rings. The van der Waals surface area contributed by atoms with Crippen molar-refractivity contribution in [2.45, 2.75) is 13.0 Å². The summed E-state index contributed by atoms with van der Waals surface area (Å²) >= 11 is 0. The largest absolute Gasteiger partial charge is 0.454 e. The highest BCUT2D eigenvalue weighted by atomic mass is 16.7. The normalized spacial score (nSPS) is 14.5. The van der Waals surface area contributed by atoms with Crippen LogP contribution in [0, 0.1) is 0 Å². The molecule has 0 aliphatic carbocycles. The van der Waals surface area contributed by atoms with Crippen LogP contribution in [-0.4, -0.2) is 32.3 Å². The predicted octanol–water partition coefficient (Wildman–Crippen LogP) is 0.753. The van der Waals surface area contributed by atoms with Gasteiger partial charge in [-0.1, -0.05) is 6.07 Å². The van der Waals surface area contributed by atoms with Crippen LogP contribution >= 0.6 is 0 Å². The number of para-hydroxylation sites is 1. The molecule has 0 radical (unpaired) electrons. The van der Waals surface area contributed by atoms with Crippen molar-refractivity contribution in [1.29, 1.82) is 0 Å². The lowest BCUT2D eigenvalue weighted by molar-refractivity contribution is 0.0946. The van der Waals surface area contributed by atoms with Crippen molar-refractivity contribution in [3.63, 3.8) is 0 Å². The number of carbonyl (C=O) groups is 1. The molecule has 0 saturated carbocycles. The highest BCUT2D eigenvalue weighted by molar-refractivity contribution is 5.97. The van der Waals surface area contributed by atoms with E-state index in [2.05, 4.69) is 10.6 Å². The SMILES string of the molecule is CNC(C)CNC(=O)c1cccc2c1OCO2. The van der Waals surface area contributed by atoms with Gasteiger partial charge in [-0.05, 0) is 26.1 Å². The molecule has 0 bridgehead atoms. The molecule has 92 valence electrons. The first-order valence-corrected chi connectivity index (χ1v) is 5.56. The number of hydrogen-bond donors (Lipinski definition) is 2. The van der Waals surface area contributed by atoms with Gasteiger partial charge < -0.3 is 20.1 Å². The molecule has 1 unspecified atom stereocenters. The topological polar surface area (TPSA) is 59.6 Å². The van der Waals surface area contributed by atoms with Crippen molar-refractivity contribution < 1.29 is 14.3 Å². The summed E-state index contributed by atoms with van der Waals surface area (Å²) in [5, 5.41) is 5.90. The zero-order valence-corrected chi connectivity index (χ0v) is 9.95. The second kappa shape index (κ2) is 5.05. The monoisotopic (exact) mass is 236 g/mol. The maximum Gasteiger partial charge on any atom is 0.255 e. The average Bonchev–Trinajstić information content (AvgIpc) is 2.83. The molecule has 1 amide bonds. The quantitative estimate of drug-likeness (QED) is 0.810. The Hall–Kier alpha value is -1.75. The van der Waals surface area contributed by atoms with Gasteiger partial charge in [-0.3, -0.25) is 4.79 Å². The maximum absolute atomic E-state index is 12.0. The van der Waals surface area contributed by atoms with E-state index in [0.717, 1.165) is 0 Å². The van der Waals surface area contributed by atoms with Crippen molar-refractivity contribution in [2.24, 2.45) is 0 Å². The second-order valence-corrected chi connectivity index (χ2v) is 3.94. The summed E-state index contributed by atoms with van der Waals surface area (Å²) in [5.41, 5.74) is 0.517. The summed E-state index contributed by atoms with van der Waals surface area (Å²) in [6, 6.07) is 5.53. The molecule has 0 saturated heterocycles. The van der Waals surface area contributed by atoms with Gasteiger partial charge in [-0.25, -0.2) is 0 Å². The Kier molecular flexibility index (Phi) is 3.49. The molecule has 5 heteroatoms. The fourth-order valence-corrected chi connectivity index (χ4v) is 1.55. The Balaban J connectivity index is 2.07. The summed E-state index contributed by atoms with van der Waals surface area (Å²) in [6.45, 7) is 2.74. The highest BCUT2D eigenvalue weighted by Gasteiger charge is 2.21. The van der Waals surface area contributed by atoms with E-state index in [1.165, 1.54) is 0 Å². The van der Waals surface area contributed by atoms with Crippen LogP contribution in [0.2, 0.25) is 0 Å². The summed E-state index contributed by atoms with van der Waals surface area (Å²) < 4.78 is 10.5. The van der Waals surface area contributed by atoms with Crippen molar-refractivity contribution in [1.82, 2.24) is 10.6 Å². The van der Waals surface area contributed by atoms with Gasteiger partial charge in [0.2, 0.25) is 6.79 Å². The molecule has 2 N–H and O–H groups in total. The van der Waals surface area contributed by atoms with E-state index >= 15 is 0 Å². The van der Waals surface area contributed by atoms with Gasteiger partial charge in [0.15, 0.2) is 11.5 Å². The first kappa shape index (κ1) is 11.7. The molecule has 1 aromatic carbocycles. The number of rotatable bonds is 4. The summed E-state index contributed by atoms with van der Waals surface area (Å²) in [7, 11) is 1.86. The summed E-state index contributed by atoms with van der Waals surface area (Å²) in [6.07, 6.45) is 0. The molecular weight excluding hydrogens is 220 g/mol. The number of ether oxygens (including phenoxy) is 2. The predicted molar refractivity (Wildman–Crippen MR) is 63.4 cm³/mol. The van der Waals surface area contributed by atoms with Crippen molar-refractivity contribution in [2.75, 3.05) is 20.4 Å². The van der Waals surface area contributed by atoms with Crippen LogP contribution in [0.3, 0.4) is 0 Å². The van der Waals surface area contributed by atoms with Crippen molar-refractivity contribution in [3.8, 4) is 11.5 Å². The zero-order valence-electron chi connectivity index (χ0n) is 9.95. The number of carbonyl (C=O) groups excluding carboxylic acids is 1. The van der Waals surface area contributed by atoms with Crippen LogP contribution in [0.15, 0.2) is 18.2 Å². The third-order valence-electron chi connectivity index (χ3n) is 2.70. The Morgan fingerprint density at radius 1 is 1.47 bits per heavy atom. The molecule has 1 aromatic rings.